The van der Waals surface area contributed by atoms with Crippen LogP contribution in [0.4, 0.5) is 0 Å². The van der Waals surface area contributed by atoms with Crippen molar-refractivity contribution in [3.05, 3.63) is 0 Å². The van der Waals surface area contributed by atoms with E-state index in [-0.39, 0.29) is 5.91 Å². The van der Waals surface area contributed by atoms with Gasteiger partial charge in [0.25, 0.3) is 0 Å². The predicted molar refractivity (Wildman–Crippen MR) is 55.4 cm³/mol. The van der Waals surface area contributed by atoms with Gasteiger partial charge in [-0.25, -0.2) is 0 Å². The highest BCUT2D eigenvalue weighted by atomic mass is 16.2. The molecule has 0 saturated heterocycles. The number of hydrogen-bond donors (Lipinski definition) is 1. The molecule has 0 spiro atoms. The summed E-state index contributed by atoms with van der Waals surface area (Å²) in [5, 5.41) is 8.42. The number of likely N-dealkylation sites (N-methyl/N-ethyl adjacent to an activating group) is 1. The second kappa shape index (κ2) is 7.34. The Kier molecular flexibility index (Phi) is 6.77. The fourth-order valence-electron chi connectivity index (χ4n) is 1.28. The number of carbonyl (C=O) groups is 1. The van der Waals surface area contributed by atoms with Crippen molar-refractivity contribution in [2.75, 3.05) is 13.1 Å². The Morgan fingerprint density at radius 1 is 1.57 bits per heavy atom. The lowest BCUT2D eigenvalue weighted by Gasteiger charge is -2.23. The van der Waals surface area contributed by atoms with E-state index in [1.807, 2.05) is 19.9 Å². The highest BCUT2D eigenvalue weighted by Gasteiger charge is 2.18. The summed E-state index contributed by atoms with van der Waals surface area (Å²) >= 11 is 0. The molecule has 0 bridgehead atoms. The molecule has 0 aliphatic heterocycles. The number of nitrogens with two attached hydrogens (primary N) is 1. The smallest absolute Gasteiger partial charge is 0.239 e. The number of carbonyl (C=O) groups excluding carboxylic acids is 1. The van der Waals surface area contributed by atoms with Gasteiger partial charge in [0.1, 0.15) is 0 Å². The average molecular weight is 197 g/mol. The first-order valence-corrected chi connectivity index (χ1v) is 5.08. The van der Waals surface area contributed by atoms with Crippen LogP contribution >= 0.6 is 0 Å². The van der Waals surface area contributed by atoms with Gasteiger partial charge in [0.15, 0.2) is 0 Å². The zero-order chi connectivity index (χ0) is 11.0. The SMILES string of the molecule is CCC[C@H](N)C(=O)N(CC)CCC#N. The van der Waals surface area contributed by atoms with Gasteiger partial charge in [-0.1, -0.05) is 13.3 Å². The monoisotopic (exact) mass is 197 g/mol. The molecule has 0 radical (unpaired) electrons. The highest BCUT2D eigenvalue weighted by Crippen LogP contribution is 2.00. The van der Waals surface area contributed by atoms with Gasteiger partial charge in [-0.15, -0.1) is 0 Å². The van der Waals surface area contributed by atoms with Crippen molar-refractivity contribution in [2.24, 2.45) is 5.73 Å². The lowest BCUT2D eigenvalue weighted by molar-refractivity contribution is -0.132. The van der Waals surface area contributed by atoms with Gasteiger partial charge in [-0.3, -0.25) is 4.79 Å². The molecule has 1 amide bonds. The summed E-state index contributed by atoms with van der Waals surface area (Å²) in [4.78, 5) is 13.3. The summed E-state index contributed by atoms with van der Waals surface area (Å²) in [6.07, 6.45) is 1.99. The first-order valence-electron chi connectivity index (χ1n) is 5.08. The van der Waals surface area contributed by atoms with Crippen molar-refractivity contribution in [1.29, 1.82) is 5.26 Å². The Balaban J connectivity index is 4.09. The Labute approximate surface area is 85.7 Å². The number of rotatable bonds is 6. The first-order chi connectivity index (χ1) is 6.67. The standard InChI is InChI=1S/C10H19N3O/c1-3-6-9(12)10(14)13(4-2)8-5-7-11/h9H,3-6,8,12H2,1-2H3/t9-/m0/s1. The largest absolute Gasteiger partial charge is 0.341 e. The molecule has 0 aromatic rings. The third-order valence-electron chi connectivity index (χ3n) is 2.10. The van der Waals surface area contributed by atoms with E-state index in [9.17, 15) is 4.79 Å². The normalized spacial score (nSPS) is 11.9. The van der Waals surface area contributed by atoms with Gasteiger partial charge in [-0.2, -0.15) is 5.26 Å². The zero-order valence-electron chi connectivity index (χ0n) is 8.99. The molecule has 4 nitrogen and oxygen atoms in total. The van der Waals surface area contributed by atoms with Crippen molar-refractivity contribution in [2.45, 2.75) is 39.2 Å². The van der Waals surface area contributed by atoms with Crippen LogP contribution in [-0.4, -0.2) is 29.9 Å². The van der Waals surface area contributed by atoms with E-state index in [1.165, 1.54) is 0 Å². The van der Waals surface area contributed by atoms with E-state index in [0.717, 1.165) is 6.42 Å². The number of nitrogens with zero attached hydrogens (tertiary/aromatic N) is 2. The van der Waals surface area contributed by atoms with Crippen LogP contribution in [0.3, 0.4) is 0 Å². The summed E-state index contributed by atoms with van der Waals surface area (Å²) in [5.41, 5.74) is 5.70. The fraction of sp³-hybridized carbons (Fsp3) is 0.800. The van der Waals surface area contributed by atoms with Gasteiger partial charge in [0.2, 0.25) is 5.91 Å². The summed E-state index contributed by atoms with van der Waals surface area (Å²) in [6.45, 7) is 5.01. The Hall–Kier alpha value is -1.08. The maximum atomic E-state index is 11.7. The van der Waals surface area contributed by atoms with Gasteiger partial charge in [0.05, 0.1) is 18.5 Å². The van der Waals surface area contributed by atoms with Crippen LogP contribution in [0.1, 0.15) is 33.1 Å². The number of amides is 1. The van der Waals surface area contributed by atoms with Crippen molar-refractivity contribution >= 4 is 5.91 Å². The van der Waals surface area contributed by atoms with E-state index in [0.29, 0.717) is 25.9 Å². The van der Waals surface area contributed by atoms with Crippen molar-refractivity contribution in [1.82, 2.24) is 4.90 Å². The predicted octanol–water partition coefficient (Wildman–Crippen LogP) is 0.876. The third kappa shape index (κ3) is 4.24. The van der Waals surface area contributed by atoms with Crippen molar-refractivity contribution in [3.63, 3.8) is 0 Å². The van der Waals surface area contributed by atoms with Crippen LogP contribution in [0.2, 0.25) is 0 Å². The molecular weight excluding hydrogens is 178 g/mol. The van der Waals surface area contributed by atoms with Crippen LogP contribution in [0.15, 0.2) is 0 Å². The molecular formula is C10H19N3O. The maximum absolute atomic E-state index is 11.7. The van der Waals surface area contributed by atoms with Crippen molar-refractivity contribution in [3.8, 4) is 6.07 Å². The molecule has 14 heavy (non-hydrogen) atoms. The van der Waals surface area contributed by atoms with E-state index in [2.05, 4.69) is 0 Å². The average Bonchev–Trinajstić information content (AvgIpc) is 2.19. The molecule has 0 heterocycles. The summed E-state index contributed by atoms with van der Waals surface area (Å²) in [6, 6.07) is 1.62. The molecule has 0 fully saturated rings. The number of nitriles is 1. The third-order valence-corrected chi connectivity index (χ3v) is 2.10. The molecule has 4 heteroatoms. The van der Waals surface area contributed by atoms with Gasteiger partial charge < -0.3 is 10.6 Å². The maximum Gasteiger partial charge on any atom is 0.239 e. The fourth-order valence-corrected chi connectivity index (χ4v) is 1.28. The minimum atomic E-state index is -0.404. The quantitative estimate of drug-likeness (QED) is 0.687. The molecule has 1 atom stereocenters. The molecule has 0 aliphatic rings. The minimum Gasteiger partial charge on any atom is -0.341 e. The Morgan fingerprint density at radius 2 is 2.21 bits per heavy atom. The van der Waals surface area contributed by atoms with E-state index in [1.54, 1.807) is 4.90 Å². The van der Waals surface area contributed by atoms with Crippen LogP contribution < -0.4 is 5.73 Å². The second-order valence-electron chi connectivity index (χ2n) is 3.22. The molecule has 80 valence electrons. The van der Waals surface area contributed by atoms with Crippen LogP contribution in [0.5, 0.6) is 0 Å². The topological polar surface area (TPSA) is 70.1 Å². The van der Waals surface area contributed by atoms with E-state index < -0.39 is 6.04 Å². The van der Waals surface area contributed by atoms with Gasteiger partial charge in [0, 0.05) is 13.1 Å². The van der Waals surface area contributed by atoms with E-state index >= 15 is 0 Å². The van der Waals surface area contributed by atoms with Gasteiger partial charge in [-0.05, 0) is 13.3 Å². The highest BCUT2D eigenvalue weighted by molar-refractivity contribution is 5.81. The lowest BCUT2D eigenvalue weighted by Crippen LogP contribution is -2.43. The molecule has 2 N–H and O–H groups in total. The summed E-state index contributed by atoms with van der Waals surface area (Å²) in [7, 11) is 0. The van der Waals surface area contributed by atoms with Crippen LogP contribution in [-0.2, 0) is 4.79 Å². The Bertz CT molecular complexity index is 210. The first kappa shape index (κ1) is 12.9. The van der Waals surface area contributed by atoms with Crippen LogP contribution in [0, 0.1) is 11.3 Å². The van der Waals surface area contributed by atoms with Crippen molar-refractivity contribution < 1.29 is 4.79 Å². The molecule has 0 unspecified atom stereocenters. The molecule has 0 rings (SSSR count). The lowest BCUT2D eigenvalue weighted by atomic mass is 10.1. The molecule has 0 saturated carbocycles. The van der Waals surface area contributed by atoms with Crippen LogP contribution in [0.25, 0.3) is 0 Å². The molecule has 0 aliphatic carbocycles. The Morgan fingerprint density at radius 3 is 2.64 bits per heavy atom. The van der Waals surface area contributed by atoms with Gasteiger partial charge >= 0.3 is 0 Å². The molecule has 0 aromatic carbocycles. The molecule has 0 aromatic heterocycles. The zero-order valence-corrected chi connectivity index (χ0v) is 8.99. The summed E-state index contributed by atoms with van der Waals surface area (Å²) < 4.78 is 0. The van der Waals surface area contributed by atoms with E-state index in [4.69, 9.17) is 11.0 Å². The number of hydrogen-bond acceptors (Lipinski definition) is 3. The summed E-state index contributed by atoms with van der Waals surface area (Å²) in [5.74, 6) is -0.0374. The minimum absolute atomic E-state index is 0.0374. The second-order valence-corrected chi connectivity index (χ2v) is 3.22.